The van der Waals surface area contributed by atoms with Crippen LogP contribution in [0.2, 0.25) is 0 Å². The number of hydrogen-bond donors (Lipinski definition) is 1. The Labute approximate surface area is 169 Å². The van der Waals surface area contributed by atoms with Gasteiger partial charge in [0.1, 0.15) is 15.5 Å². The van der Waals surface area contributed by atoms with E-state index in [1.807, 2.05) is 19.0 Å². The molecule has 5 nitrogen and oxygen atoms in total. The quantitative estimate of drug-likeness (QED) is 0.540. The van der Waals surface area contributed by atoms with Gasteiger partial charge in [-0.25, -0.2) is 9.78 Å². The lowest BCUT2D eigenvalue weighted by Crippen LogP contribution is -2.16. The number of aromatic carboxylic acids is 1. The zero-order chi connectivity index (χ0) is 21.2. The largest absolute Gasteiger partial charge is 0.493 e. The lowest BCUT2D eigenvalue weighted by atomic mass is 10.00. The van der Waals surface area contributed by atoms with Crippen molar-refractivity contribution in [2.24, 2.45) is 0 Å². The van der Waals surface area contributed by atoms with Crippen LogP contribution in [0.5, 0.6) is 5.75 Å². The maximum Gasteiger partial charge on any atom is 0.419 e. The molecule has 29 heavy (non-hydrogen) atoms. The second kappa shape index (κ2) is 8.38. The van der Waals surface area contributed by atoms with Crippen LogP contribution < -0.4 is 4.74 Å². The number of halogens is 3. The van der Waals surface area contributed by atoms with Crippen molar-refractivity contribution in [1.29, 1.82) is 0 Å². The van der Waals surface area contributed by atoms with Gasteiger partial charge >= 0.3 is 12.1 Å². The van der Waals surface area contributed by atoms with Gasteiger partial charge in [-0.1, -0.05) is 6.07 Å². The SMILES string of the molecule is CN(C)CCCOc1ccc(-c2c(C(=O)O)sc3ncccc23)cc1C(F)(F)F. The lowest BCUT2D eigenvalue weighted by Gasteiger charge is -2.16. The van der Waals surface area contributed by atoms with Crippen LogP contribution in [0.15, 0.2) is 36.5 Å². The van der Waals surface area contributed by atoms with Crippen LogP contribution >= 0.6 is 11.3 Å². The van der Waals surface area contributed by atoms with Crippen molar-refractivity contribution < 1.29 is 27.8 Å². The predicted molar refractivity (Wildman–Crippen MR) is 106 cm³/mol. The summed E-state index contributed by atoms with van der Waals surface area (Å²) in [4.78, 5) is 18.1. The summed E-state index contributed by atoms with van der Waals surface area (Å²) in [6, 6.07) is 6.93. The fraction of sp³-hybridized carbons (Fsp3) is 0.300. The third kappa shape index (κ3) is 4.68. The molecule has 9 heteroatoms. The molecule has 0 bridgehead atoms. The first-order valence-electron chi connectivity index (χ1n) is 8.78. The summed E-state index contributed by atoms with van der Waals surface area (Å²) in [5, 5.41) is 10.0. The monoisotopic (exact) mass is 424 g/mol. The van der Waals surface area contributed by atoms with Gasteiger partial charge < -0.3 is 14.7 Å². The Balaban J connectivity index is 2.05. The number of rotatable bonds is 7. The molecular formula is C20H19F3N2O3S. The number of carboxylic acid groups (broad SMARTS) is 1. The summed E-state index contributed by atoms with van der Waals surface area (Å²) >= 11 is 0.936. The third-order valence-corrected chi connectivity index (χ3v) is 5.34. The number of aromatic nitrogens is 1. The van der Waals surface area contributed by atoms with E-state index in [9.17, 15) is 23.1 Å². The van der Waals surface area contributed by atoms with Crippen LogP contribution in [0, 0.1) is 0 Å². The number of alkyl halides is 3. The van der Waals surface area contributed by atoms with Gasteiger partial charge in [-0.3, -0.25) is 0 Å². The number of pyridine rings is 1. The van der Waals surface area contributed by atoms with Gasteiger partial charge in [0.05, 0.1) is 12.2 Å². The van der Waals surface area contributed by atoms with Crippen molar-refractivity contribution in [3.05, 3.63) is 47.0 Å². The Bertz CT molecular complexity index is 1030. The van der Waals surface area contributed by atoms with Gasteiger partial charge in [0, 0.05) is 23.7 Å². The van der Waals surface area contributed by atoms with Crippen LogP contribution in [-0.4, -0.2) is 48.2 Å². The number of benzene rings is 1. The number of hydrogen-bond acceptors (Lipinski definition) is 5. The molecule has 0 aliphatic heterocycles. The molecule has 0 amide bonds. The molecule has 0 saturated carbocycles. The summed E-state index contributed by atoms with van der Waals surface area (Å²) in [5.41, 5.74) is -0.538. The second-order valence-electron chi connectivity index (χ2n) is 6.68. The average molecular weight is 424 g/mol. The van der Waals surface area contributed by atoms with Crippen LogP contribution in [0.25, 0.3) is 21.3 Å². The zero-order valence-electron chi connectivity index (χ0n) is 15.8. The minimum atomic E-state index is -4.64. The van der Waals surface area contributed by atoms with Crippen molar-refractivity contribution in [3.8, 4) is 16.9 Å². The van der Waals surface area contributed by atoms with E-state index in [2.05, 4.69) is 4.98 Å². The second-order valence-corrected chi connectivity index (χ2v) is 7.68. The minimum absolute atomic E-state index is 0.0496. The van der Waals surface area contributed by atoms with E-state index >= 15 is 0 Å². The first-order valence-corrected chi connectivity index (χ1v) is 9.60. The molecule has 0 spiro atoms. The van der Waals surface area contributed by atoms with E-state index in [4.69, 9.17) is 4.74 Å². The molecule has 0 aliphatic carbocycles. The highest BCUT2D eigenvalue weighted by Gasteiger charge is 2.35. The Morgan fingerprint density at radius 3 is 2.69 bits per heavy atom. The fourth-order valence-electron chi connectivity index (χ4n) is 2.97. The van der Waals surface area contributed by atoms with Gasteiger partial charge in [-0.2, -0.15) is 13.2 Å². The van der Waals surface area contributed by atoms with Crippen molar-refractivity contribution in [1.82, 2.24) is 9.88 Å². The minimum Gasteiger partial charge on any atom is -0.493 e. The summed E-state index contributed by atoms with van der Waals surface area (Å²) < 4.78 is 46.4. The van der Waals surface area contributed by atoms with E-state index in [0.29, 0.717) is 23.2 Å². The highest BCUT2D eigenvalue weighted by atomic mass is 32.1. The van der Waals surface area contributed by atoms with E-state index in [-0.39, 0.29) is 28.4 Å². The normalized spacial score (nSPS) is 11.9. The average Bonchev–Trinajstić information content (AvgIpc) is 3.04. The van der Waals surface area contributed by atoms with Crippen LogP contribution in [0.3, 0.4) is 0 Å². The van der Waals surface area contributed by atoms with Crippen LogP contribution in [-0.2, 0) is 6.18 Å². The Morgan fingerprint density at radius 2 is 2.03 bits per heavy atom. The number of nitrogens with zero attached hydrogens (tertiary/aromatic N) is 2. The first kappa shape index (κ1) is 21.1. The van der Waals surface area contributed by atoms with E-state index < -0.39 is 17.7 Å². The Kier molecular flexibility index (Phi) is 6.09. The molecule has 0 radical (unpaired) electrons. The maximum absolute atomic E-state index is 13.7. The molecule has 0 atom stereocenters. The number of fused-ring (bicyclic) bond motifs is 1. The summed E-state index contributed by atoms with van der Waals surface area (Å²) in [6.07, 6.45) is -2.55. The van der Waals surface area contributed by atoms with E-state index in [0.717, 1.165) is 17.4 Å². The molecule has 0 unspecified atom stereocenters. The number of thiophene rings is 1. The Morgan fingerprint density at radius 1 is 1.28 bits per heavy atom. The fourth-order valence-corrected chi connectivity index (χ4v) is 3.97. The van der Waals surface area contributed by atoms with E-state index in [1.165, 1.54) is 18.3 Å². The molecule has 0 saturated heterocycles. The van der Waals surface area contributed by atoms with Gasteiger partial charge in [-0.15, -0.1) is 11.3 Å². The van der Waals surface area contributed by atoms with Crippen molar-refractivity contribution >= 4 is 27.5 Å². The zero-order valence-corrected chi connectivity index (χ0v) is 16.6. The molecule has 154 valence electrons. The number of ether oxygens (including phenoxy) is 1. The van der Waals surface area contributed by atoms with Gasteiger partial charge in [0.25, 0.3) is 0 Å². The molecule has 0 aliphatic rings. The first-order chi connectivity index (χ1) is 13.7. The van der Waals surface area contributed by atoms with Gasteiger partial charge in [-0.05, 0) is 50.3 Å². The maximum atomic E-state index is 13.7. The third-order valence-electron chi connectivity index (χ3n) is 4.24. The molecule has 0 fully saturated rings. The lowest BCUT2D eigenvalue weighted by molar-refractivity contribution is -0.138. The van der Waals surface area contributed by atoms with Gasteiger partial charge in [0.2, 0.25) is 0 Å². The molecule has 1 aromatic carbocycles. The smallest absolute Gasteiger partial charge is 0.419 e. The topological polar surface area (TPSA) is 62.7 Å². The molecule has 3 aromatic rings. The summed E-state index contributed by atoms with van der Waals surface area (Å²) in [5.74, 6) is -1.48. The van der Waals surface area contributed by atoms with Crippen LogP contribution in [0.1, 0.15) is 21.7 Å². The highest BCUT2D eigenvalue weighted by Crippen LogP contribution is 2.43. The molecule has 2 heterocycles. The number of carbonyl (C=O) groups is 1. The highest BCUT2D eigenvalue weighted by molar-refractivity contribution is 7.21. The molecule has 3 rings (SSSR count). The van der Waals surface area contributed by atoms with Crippen molar-refractivity contribution in [2.45, 2.75) is 12.6 Å². The molecule has 1 N–H and O–H groups in total. The van der Waals surface area contributed by atoms with Crippen molar-refractivity contribution in [3.63, 3.8) is 0 Å². The standard InChI is InChI=1S/C20H19F3N2O3S/c1-25(2)9-4-10-28-15-7-6-12(11-14(15)20(21,22)23)16-13-5-3-8-24-18(13)29-17(16)19(26)27/h3,5-8,11H,4,9-10H2,1-2H3,(H,26,27). The predicted octanol–water partition coefficient (Wildman–Crippen LogP) is 5.01. The summed E-state index contributed by atoms with van der Waals surface area (Å²) in [7, 11) is 3.74. The van der Waals surface area contributed by atoms with Crippen LogP contribution in [0.4, 0.5) is 13.2 Å². The summed E-state index contributed by atoms with van der Waals surface area (Å²) in [6.45, 7) is 0.835. The van der Waals surface area contributed by atoms with Gasteiger partial charge in [0.15, 0.2) is 0 Å². The molecule has 2 aromatic heterocycles. The molecular weight excluding hydrogens is 405 g/mol. The van der Waals surface area contributed by atoms with E-state index in [1.54, 1.807) is 12.1 Å². The van der Waals surface area contributed by atoms with Crippen molar-refractivity contribution in [2.75, 3.05) is 27.2 Å². The Hall–Kier alpha value is -2.65. The number of carboxylic acids is 1.